The van der Waals surface area contributed by atoms with Gasteiger partial charge in [-0.15, -0.1) is 0 Å². The summed E-state index contributed by atoms with van der Waals surface area (Å²) in [6.45, 7) is 3.59. The zero-order valence-electron chi connectivity index (χ0n) is 12.5. The van der Waals surface area contributed by atoms with Crippen molar-refractivity contribution >= 4 is 11.9 Å². The van der Waals surface area contributed by atoms with Crippen molar-refractivity contribution < 1.29 is 19.1 Å². The first-order valence-electron chi connectivity index (χ1n) is 7.07. The van der Waals surface area contributed by atoms with Crippen LogP contribution in [0.2, 0.25) is 0 Å². The van der Waals surface area contributed by atoms with E-state index in [1.165, 1.54) is 17.1 Å². The molecule has 2 N–H and O–H groups in total. The van der Waals surface area contributed by atoms with E-state index in [1.54, 1.807) is 13.2 Å². The Morgan fingerprint density at radius 1 is 1.45 bits per heavy atom. The number of nitrogens with zero attached hydrogens (tertiary/aromatic N) is 2. The van der Waals surface area contributed by atoms with E-state index in [0.717, 1.165) is 18.6 Å². The second-order valence-electron chi connectivity index (χ2n) is 5.22. The van der Waals surface area contributed by atoms with Crippen LogP contribution in [-0.2, 0) is 11.2 Å². The Kier molecular flexibility index (Phi) is 4.98. The Morgan fingerprint density at radius 3 is 2.82 bits per heavy atom. The molecule has 0 aliphatic heterocycles. The number of hydrogen-bond acceptors (Lipinski definition) is 4. The maximum Gasteiger partial charge on any atom is 0.338 e. The Hall–Kier alpha value is -2.57. The normalized spacial score (nSPS) is 13.5. The summed E-state index contributed by atoms with van der Waals surface area (Å²) in [5, 5.41) is 15.7. The molecule has 0 saturated heterocycles. The predicted molar refractivity (Wildman–Crippen MR) is 78.5 cm³/mol. The van der Waals surface area contributed by atoms with Crippen LogP contribution in [0.4, 0.5) is 0 Å². The fourth-order valence-electron chi connectivity index (χ4n) is 2.03. The van der Waals surface area contributed by atoms with Crippen LogP contribution >= 0.6 is 0 Å². The Bertz CT molecular complexity index is 633. The molecule has 0 aliphatic carbocycles. The largest absolute Gasteiger partial charge is 0.478 e. The molecule has 0 aliphatic rings. The van der Waals surface area contributed by atoms with E-state index in [-0.39, 0.29) is 17.5 Å². The third kappa shape index (κ3) is 3.97. The van der Waals surface area contributed by atoms with Crippen LogP contribution in [0.5, 0.6) is 0 Å². The van der Waals surface area contributed by atoms with E-state index in [0.29, 0.717) is 0 Å². The topological polar surface area (TPSA) is 97.4 Å². The minimum absolute atomic E-state index is 0.0189. The summed E-state index contributed by atoms with van der Waals surface area (Å²) in [5.41, 5.74) is 0.0607. The predicted octanol–water partition coefficient (Wildman–Crippen LogP) is 1.87. The fraction of sp³-hybridized carbons (Fsp3) is 0.400. The van der Waals surface area contributed by atoms with Gasteiger partial charge in [0, 0.05) is 18.7 Å². The standard InChI is InChI=1S/C15H19N3O4/c1-10(5-6-13-4-3-7-22-13)17-14(19)11(2)18-9-12(8-16-18)15(20)21/h3-4,7-11H,5-6H2,1-2H3,(H,17,19)(H,20,21). The molecule has 0 fully saturated rings. The average Bonchev–Trinajstić information content (AvgIpc) is 3.15. The van der Waals surface area contributed by atoms with Gasteiger partial charge in [0.15, 0.2) is 0 Å². The van der Waals surface area contributed by atoms with Gasteiger partial charge in [0.05, 0.1) is 18.0 Å². The summed E-state index contributed by atoms with van der Waals surface area (Å²) in [7, 11) is 0. The molecule has 0 spiro atoms. The van der Waals surface area contributed by atoms with E-state index in [4.69, 9.17) is 9.52 Å². The lowest BCUT2D eigenvalue weighted by Crippen LogP contribution is -2.37. The number of hydrogen-bond donors (Lipinski definition) is 2. The van der Waals surface area contributed by atoms with Crippen LogP contribution in [0.25, 0.3) is 0 Å². The molecular formula is C15H19N3O4. The van der Waals surface area contributed by atoms with Gasteiger partial charge in [0.2, 0.25) is 5.91 Å². The molecule has 7 nitrogen and oxygen atoms in total. The number of amides is 1. The van der Waals surface area contributed by atoms with Crippen LogP contribution < -0.4 is 5.32 Å². The van der Waals surface area contributed by atoms with E-state index >= 15 is 0 Å². The SMILES string of the molecule is CC(CCc1ccco1)NC(=O)C(C)n1cc(C(=O)O)cn1. The van der Waals surface area contributed by atoms with E-state index < -0.39 is 12.0 Å². The van der Waals surface area contributed by atoms with Crippen molar-refractivity contribution in [1.29, 1.82) is 0 Å². The van der Waals surface area contributed by atoms with Gasteiger partial charge in [0.25, 0.3) is 0 Å². The molecule has 0 saturated carbocycles. The number of rotatable bonds is 7. The van der Waals surface area contributed by atoms with Crippen molar-refractivity contribution in [2.75, 3.05) is 0 Å². The lowest BCUT2D eigenvalue weighted by atomic mass is 10.1. The molecule has 0 bridgehead atoms. The summed E-state index contributed by atoms with van der Waals surface area (Å²) in [5.74, 6) is -0.384. The molecule has 2 unspecified atom stereocenters. The molecule has 2 heterocycles. The second kappa shape index (κ2) is 6.93. The van der Waals surface area contributed by atoms with Crippen LogP contribution in [-0.4, -0.2) is 32.8 Å². The number of carboxylic acid groups (broad SMARTS) is 1. The molecular weight excluding hydrogens is 286 g/mol. The van der Waals surface area contributed by atoms with Crippen molar-refractivity contribution in [3.8, 4) is 0 Å². The van der Waals surface area contributed by atoms with Gasteiger partial charge in [0.1, 0.15) is 11.8 Å². The highest BCUT2D eigenvalue weighted by Crippen LogP contribution is 2.09. The highest BCUT2D eigenvalue weighted by molar-refractivity contribution is 5.87. The second-order valence-corrected chi connectivity index (χ2v) is 5.22. The van der Waals surface area contributed by atoms with E-state index in [9.17, 15) is 9.59 Å². The molecule has 2 rings (SSSR count). The third-order valence-corrected chi connectivity index (χ3v) is 3.42. The Morgan fingerprint density at radius 2 is 2.23 bits per heavy atom. The maximum absolute atomic E-state index is 12.2. The molecule has 2 aromatic rings. The summed E-state index contributed by atoms with van der Waals surface area (Å²) in [6, 6.07) is 3.14. The minimum Gasteiger partial charge on any atom is -0.478 e. The summed E-state index contributed by atoms with van der Waals surface area (Å²) < 4.78 is 6.59. The first-order valence-corrected chi connectivity index (χ1v) is 7.07. The highest BCUT2D eigenvalue weighted by Gasteiger charge is 2.19. The van der Waals surface area contributed by atoms with Crippen molar-refractivity contribution in [1.82, 2.24) is 15.1 Å². The van der Waals surface area contributed by atoms with Gasteiger partial charge in [-0.1, -0.05) is 0 Å². The zero-order chi connectivity index (χ0) is 16.1. The van der Waals surface area contributed by atoms with Crippen molar-refractivity contribution in [2.24, 2.45) is 0 Å². The van der Waals surface area contributed by atoms with Crippen molar-refractivity contribution in [3.05, 3.63) is 42.1 Å². The molecule has 118 valence electrons. The number of carboxylic acids is 1. The zero-order valence-corrected chi connectivity index (χ0v) is 12.5. The monoisotopic (exact) mass is 305 g/mol. The van der Waals surface area contributed by atoms with E-state index in [2.05, 4.69) is 10.4 Å². The number of nitrogens with one attached hydrogen (secondary N) is 1. The number of carbonyl (C=O) groups excluding carboxylic acids is 1. The minimum atomic E-state index is -1.06. The molecule has 2 aromatic heterocycles. The molecule has 22 heavy (non-hydrogen) atoms. The Labute approximate surface area is 127 Å². The molecule has 7 heteroatoms. The van der Waals surface area contributed by atoms with Gasteiger partial charge >= 0.3 is 5.97 Å². The van der Waals surface area contributed by atoms with Gasteiger partial charge in [-0.05, 0) is 32.4 Å². The summed E-state index contributed by atoms with van der Waals surface area (Å²) in [6.07, 6.45) is 5.70. The van der Waals surface area contributed by atoms with Gasteiger partial charge < -0.3 is 14.8 Å². The van der Waals surface area contributed by atoms with Gasteiger partial charge in [-0.25, -0.2) is 4.79 Å². The van der Waals surface area contributed by atoms with Crippen molar-refractivity contribution in [2.45, 2.75) is 38.8 Å². The molecule has 0 aromatic carbocycles. The summed E-state index contributed by atoms with van der Waals surface area (Å²) in [4.78, 5) is 23.0. The van der Waals surface area contributed by atoms with Crippen molar-refractivity contribution in [3.63, 3.8) is 0 Å². The fourth-order valence-corrected chi connectivity index (χ4v) is 2.03. The quantitative estimate of drug-likeness (QED) is 0.814. The number of aromatic carboxylic acids is 1. The molecule has 1 amide bonds. The number of carbonyl (C=O) groups is 2. The molecule has 2 atom stereocenters. The smallest absolute Gasteiger partial charge is 0.338 e. The van der Waals surface area contributed by atoms with Gasteiger partial charge in [-0.2, -0.15) is 5.10 Å². The number of furan rings is 1. The third-order valence-electron chi connectivity index (χ3n) is 3.42. The lowest BCUT2D eigenvalue weighted by molar-refractivity contribution is -0.124. The molecule has 0 radical (unpaired) electrons. The van der Waals surface area contributed by atoms with Crippen LogP contribution in [0.15, 0.2) is 35.2 Å². The van der Waals surface area contributed by atoms with Gasteiger partial charge in [-0.3, -0.25) is 9.48 Å². The van der Waals surface area contributed by atoms with Crippen LogP contribution in [0, 0.1) is 0 Å². The first kappa shape index (κ1) is 15.8. The first-order chi connectivity index (χ1) is 10.5. The van der Waals surface area contributed by atoms with Crippen LogP contribution in [0.3, 0.4) is 0 Å². The van der Waals surface area contributed by atoms with E-state index in [1.807, 2.05) is 19.1 Å². The number of aromatic nitrogens is 2. The highest BCUT2D eigenvalue weighted by atomic mass is 16.4. The summed E-state index contributed by atoms with van der Waals surface area (Å²) >= 11 is 0. The lowest BCUT2D eigenvalue weighted by Gasteiger charge is -2.17. The Balaban J connectivity index is 1.85. The number of aryl methyl sites for hydroxylation is 1. The maximum atomic E-state index is 12.2. The van der Waals surface area contributed by atoms with Crippen LogP contribution in [0.1, 0.15) is 42.4 Å². The average molecular weight is 305 g/mol.